The first-order valence-corrected chi connectivity index (χ1v) is 6.25. The van der Waals surface area contributed by atoms with Crippen molar-refractivity contribution in [3.05, 3.63) is 0 Å². The number of aliphatic carboxylic acids is 1. The maximum absolute atomic E-state index is 11.8. The molecule has 0 rings (SSSR count). The maximum Gasteiger partial charge on any atom is 0.322 e. The number of carboxylic acid groups (broad SMARTS) is 1. The summed E-state index contributed by atoms with van der Waals surface area (Å²) in [4.78, 5) is 44.4. The molecule has 0 radical (unpaired) electrons. The topological polar surface area (TPSA) is 125 Å². The van der Waals surface area contributed by atoms with E-state index in [9.17, 15) is 19.2 Å². The molecule has 0 aliphatic rings. The summed E-state index contributed by atoms with van der Waals surface area (Å²) in [5, 5.41) is 15.5. The average molecular weight is 287 g/mol. The predicted molar refractivity (Wildman–Crippen MR) is 70.7 cm³/mol. The van der Waals surface area contributed by atoms with Gasteiger partial charge in [-0.15, -0.1) is 0 Å². The lowest BCUT2D eigenvalue weighted by molar-refractivity contribution is -0.138. The van der Waals surface area contributed by atoms with E-state index >= 15 is 0 Å². The van der Waals surface area contributed by atoms with Crippen molar-refractivity contribution < 1.29 is 24.3 Å². The van der Waals surface area contributed by atoms with Gasteiger partial charge in [-0.3, -0.25) is 19.2 Å². The van der Waals surface area contributed by atoms with E-state index < -0.39 is 30.4 Å². The van der Waals surface area contributed by atoms with Crippen LogP contribution in [0, 0.1) is 5.92 Å². The summed E-state index contributed by atoms with van der Waals surface area (Å²) in [7, 11) is 0. The smallest absolute Gasteiger partial charge is 0.322 e. The second-order valence-corrected chi connectivity index (χ2v) is 4.77. The van der Waals surface area contributed by atoms with Crippen LogP contribution >= 0.6 is 0 Å². The van der Waals surface area contributed by atoms with Gasteiger partial charge in [0.15, 0.2) is 0 Å². The quantitative estimate of drug-likeness (QED) is 0.449. The van der Waals surface area contributed by atoms with Crippen LogP contribution in [0.1, 0.15) is 27.2 Å². The molecule has 0 bridgehead atoms. The van der Waals surface area contributed by atoms with E-state index in [1.807, 2.05) is 13.8 Å². The van der Waals surface area contributed by atoms with Gasteiger partial charge in [-0.25, -0.2) is 0 Å². The summed E-state index contributed by atoms with van der Waals surface area (Å²) < 4.78 is 0. The van der Waals surface area contributed by atoms with E-state index in [0.717, 1.165) is 0 Å². The Bertz CT molecular complexity index is 381. The first-order chi connectivity index (χ1) is 9.22. The highest BCUT2D eigenvalue weighted by Crippen LogP contribution is 2.04. The van der Waals surface area contributed by atoms with Crippen molar-refractivity contribution in [2.24, 2.45) is 5.92 Å². The molecule has 114 valence electrons. The fraction of sp³-hybridized carbons (Fsp3) is 0.667. The number of hydrogen-bond acceptors (Lipinski definition) is 4. The maximum atomic E-state index is 11.8. The van der Waals surface area contributed by atoms with E-state index in [0.29, 0.717) is 6.42 Å². The molecule has 20 heavy (non-hydrogen) atoms. The molecule has 0 fully saturated rings. The lowest BCUT2D eigenvalue weighted by Crippen LogP contribution is -2.50. The highest BCUT2D eigenvalue weighted by atomic mass is 16.4. The average Bonchev–Trinajstić information content (AvgIpc) is 2.32. The second-order valence-electron chi connectivity index (χ2n) is 4.77. The van der Waals surface area contributed by atoms with Crippen LogP contribution in [0.3, 0.4) is 0 Å². The largest absolute Gasteiger partial charge is 0.480 e. The molecular weight excluding hydrogens is 266 g/mol. The van der Waals surface area contributed by atoms with Crippen LogP contribution < -0.4 is 16.0 Å². The minimum absolute atomic E-state index is 0.136. The number of carbonyl (C=O) groups is 4. The summed E-state index contributed by atoms with van der Waals surface area (Å²) in [6, 6.07) is -0.824. The van der Waals surface area contributed by atoms with Crippen molar-refractivity contribution in [3.8, 4) is 0 Å². The molecule has 0 aromatic heterocycles. The molecule has 0 aromatic rings. The van der Waals surface area contributed by atoms with Crippen molar-refractivity contribution in [1.29, 1.82) is 0 Å². The minimum atomic E-state index is -1.16. The van der Waals surface area contributed by atoms with E-state index in [1.165, 1.54) is 6.92 Å². The third kappa shape index (κ3) is 8.90. The summed E-state index contributed by atoms with van der Waals surface area (Å²) in [5.41, 5.74) is 0. The molecule has 1 atom stereocenters. The number of carboxylic acids is 1. The molecule has 4 N–H and O–H groups in total. The monoisotopic (exact) mass is 287 g/mol. The zero-order valence-corrected chi connectivity index (χ0v) is 11.9. The van der Waals surface area contributed by atoms with Gasteiger partial charge in [0.2, 0.25) is 17.7 Å². The Labute approximate surface area is 117 Å². The zero-order chi connectivity index (χ0) is 15.7. The standard InChI is InChI=1S/C12H21N3O5/c1-7(2)4-9(12(20)14-6-11(18)19)15-10(17)5-13-8(3)16/h7,9H,4-6H2,1-3H3,(H,13,16)(H,14,20)(H,15,17)(H,18,19)/t9-/m0/s1. The van der Waals surface area contributed by atoms with Gasteiger partial charge in [0.25, 0.3) is 0 Å². The van der Waals surface area contributed by atoms with Gasteiger partial charge < -0.3 is 21.1 Å². The van der Waals surface area contributed by atoms with Gasteiger partial charge in [-0.1, -0.05) is 13.8 Å². The Morgan fingerprint density at radius 2 is 1.65 bits per heavy atom. The van der Waals surface area contributed by atoms with E-state index in [4.69, 9.17) is 5.11 Å². The molecule has 0 unspecified atom stereocenters. The number of nitrogens with one attached hydrogen (secondary N) is 3. The summed E-state index contributed by atoms with van der Waals surface area (Å²) in [6.07, 6.45) is 0.372. The molecule has 8 heteroatoms. The SMILES string of the molecule is CC(=O)NCC(=O)N[C@@H](CC(C)C)C(=O)NCC(=O)O. The first-order valence-electron chi connectivity index (χ1n) is 6.25. The Kier molecular flexibility index (Phi) is 7.95. The Morgan fingerprint density at radius 3 is 2.10 bits per heavy atom. The molecule has 0 spiro atoms. The van der Waals surface area contributed by atoms with Gasteiger partial charge in [0, 0.05) is 6.92 Å². The second kappa shape index (κ2) is 8.89. The lowest BCUT2D eigenvalue weighted by Gasteiger charge is -2.19. The minimum Gasteiger partial charge on any atom is -0.480 e. The Hall–Kier alpha value is -2.12. The van der Waals surface area contributed by atoms with Gasteiger partial charge in [0.05, 0.1) is 6.54 Å². The molecule has 0 saturated heterocycles. The molecule has 0 heterocycles. The zero-order valence-electron chi connectivity index (χ0n) is 11.9. The molecular formula is C12H21N3O5. The molecule has 0 aliphatic heterocycles. The van der Waals surface area contributed by atoms with E-state index in [1.54, 1.807) is 0 Å². The van der Waals surface area contributed by atoms with Crippen molar-refractivity contribution >= 4 is 23.7 Å². The number of rotatable bonds is 8. The van der Waals surface area contributed by atoms with Crippen LogP contribution in [0.15, 0.2) is 0 Å². The fourth-order valence-electron chi connectivity index (χ4n) is 1.44. The summed E-state index contributed by atoms with van der Waals surface area (Å²) in [6.45, 7) is 4.29. The van der Waals surface area contributed by atoms with Crippen molar-refractivity contribution in [1.82, 2.24) is 16.0 Å². The summed E-state index contributed by atoms with van der Waals surface area (Å²) in [5.74, 6) is -2.44. The van der Waals surface area contributed by atoms with E-state index in [-0.39, 0.29) is 18.4 Å². The van der Waals surface area contributed by atoms with Crippen molar-refractivity contribution in [2.45, 2.75) is 33.2 Å². The van der Waals surface area contributed by atoms with Crippen LogP contribution in [0.5, 0.6) is 0 Å². The van der Waals surface area contributed by atoms with Gasteiger partial charge in [0.1, 0.15) is 12.6 Å². The number of hydrogen-bond donors (Lipinski definition) is 4. The molecule has 8 nitrogen and oxygen atoms in total. The summed E-state index contributed by atoms with van der Waals surface area (Å²) >= 11 is 0. The van der Waals surface area contributed by atoms with Crippen LogP contribution in [0.4, 0.5) is 0 Å². The third-order valence-corrected chi connectivity index (χ3v) is 2.27. The van der Waals surface area contributed by atoms with Crippen molar-refractivity contribution in [3.63, 3.8) is 0 Å². The van der Waals surface area contributed by atoms with Crippen LogP contribution in [-0.4, -0.2) is 47.9 Å². The number of carbonyl (C=O) groups excluding carboxylic acids is 3. The van der Waals surface area contributed by atoms with Crippen LogP contribution in [0.2, 0.25) is 0 Å². The molecule has 0 aromatic carbocycles. The first kappa shape index (κ1) is 17.9. The van der Waals surface area contributed by atoms with E-state index in [2.05, 4.69) is 16.0 Å². The van der Waals surface area contributed by atoms with Crippen LogP contribution in [0.25, 0.3) is 0 Å². The molecule has 0 aliphatic carbocycles. The number of amides is 3. The van der Waals surface area contributed by atoms with Crippen LogP contribution in [-0.2, 0) is 19.2 Å². The van der Waals surface area contributed by atoms with Crippen molar-refractivity contribution in [2.75, 3.05) is 13.1 Å². The fourth-order valence-corrected chi connectivity index (χ4v) is 1.44. The normalized spacial score (nSPS) is 11.6. The predicted octanol–water partition coefficient (Wildman–Crippen LogP) is -1.15. The molecule has 3 amide bonds. The highest BCUT2D eigenvalue weighted by Gasteiger charge is 2.22. The Balaban J connectivity index is 4.46. The highest BCUT2D eigenvalue weighted by molar-refractivity contribution is 5.91. The lowest BCUT2D eigenvalue weighted by atomic mass is 10.0. The third-order valence-electron chi connectivity index (χ3n) is 2.27. The Morgan fingerprint density at radius 1 is 1.05 bits per heavy atom. The molecule has 0 saturated carbocycles. The van der Waals surface area contributed by atoms with Gasteiger partial charge >= 0.3 is 5.97 Å². The van der Waals surface area contributed by atoms with Gasteiger partial charge in [-0.2, -0.15) is 0 Å². The van der Waals surface area contributed by atoms with Gasteiger partial charge in [-0.05, 0) is 12.3 Å².